The van der Waals surface area contributed by atoms with Gasteiger partial charge in [-0.15, -0.1) is 0 Å². The van der Waals surface area contributed by atoms with E-state index in [0.717, 1.165) is 23.5 Å². The van der Waals surface area contributed by atoms with E-state index in [4.69, 9.17) is 5.10 Å². The first-order valence-corrected chi connectivity index (χ1v) is 8.03. The standard InChI is InChI=1S/C19H18N4O/c1-19(2)11-14-17(15(24)12-19)18(13-7-3-5-9-20-13)23(22-14)16-8-4-6-10-21-16/h3-10H,11-12H2,1-2H3. The third-order valence-electron chi connectivity index (χ3n) is 4.30. The molecule has 0 saturated carbocycles. The van der Waals surface area contributed by atoms with Gasteiger partial charge in [0.2, 0.25) is 0 Å². The first-order chi connectivity index (χ1) is 11.6. The number of rotatable bonds is 2. The number of hydrogen-bond donors (Lipinski definition) is 0. The first-order valence-electron chi connectivity index (χ1n) is 8.03. The molecule has 5 nitrogen and oxygen atoms in total. The number of aromatic nitrogens is 4. The molecule has 0 N–H and O–H groups in total. The molecular formula is C19H18N4O. The summed E-state index contributed by atoms with van der Waals surface area (Å²) in [7, 11) is 0. The summed E-state index contributed by atoms with van der Waals surface area (Å²) in [5.41, 5.74) is 2.94. The number of Topliss-reactive ketones (excluding diaryl/α,β-unsaturated/α-hetero) is 1. The Morgan fingerprint density at radius 2 is 1.75 bits per heavy atom. The molecule has 0 bridgehead atoms. The fourth-order valence-electron chi connectivity index (χ4n) is 3.30. The summed E-state index contributed by atoms with van der Waals surface area (Å²) < 4.78 is 1.76. The summed E-state index contributed by atoms with van der Waals surface area (Å²) in [5, 5.41) is 4.74. The molecule has 1 aliphatic carbocycles. The zero-order chi connectivity index (χ0) is 16.7. The van der Waals surface area contributed by atoms with Gasteiger partial charge in [-0.1, -0.05) is 26.0 Å². The minimum atomic E-state index is -0.0746. The van der Waals surface area contributed by atoms with Crippen molar-refractivity contribution in [1.82, 2.24) is 19.7 Å². The zero-order valence-electron chi connectivity index (χ0n) is 13.7. The second kappa shape index (κ2) is 5.37. The van der Waals surface area contributed by atoms with Crippen LogP contribution in [0.25, 0.3) is 17.2 Å². The number of carbonyl (C=O) groups excluding carboxylic acids is 1. The predicted molar refractivity (Wildman–Crippen MR) is 91.0 cm³/mol. The molecule has 3 aromatic rings. The summed E-state index contributed by atoms with van der Waals surface area (Å²) >= 11 is 0. The normalized spacial score (nSPS) is 16.0. The Bertz CT molecular complexity index is 898. The van der Waals surface area contributed by atoms with E-state index in [1.807, 2.05) is 36.4 Å². The number of pyridine rings is 2. The van der Waals surface area contributed by atoms with Crippen molar-refractivity contribution in [3.63, 3.8) is 0 Å². The van der Waals surface area contributed by atoms with Crippen molar-refractivity contribution in [2.45, 2.75) is 26.7 Å². The van der Waals surface area contributed by atoms with Crippen LogP contribution in [0.2, 0.25) is 0 Å². The Kier molecular flexibility index (Phi) is 3.30. The molecule has 0 amide bonds. The number of hydrogen-bond acceptors (Lipinski definition) is 4. The van der Waals surface area contributed by atoms with Gasteiger partial charge in [0, 0.05) is 18.8 Å². The lowest BCUT2D eigenvalue weighted by molar-refractivity contribution is 0.0912. The maximum absolute atomic E-state index is 12.8. The summed E-state index contributed by atoms with van der Waals surface area (Å²) in [5.74, 6) is 0.822. The molecule has 3 aromatic heterocycles. The van der Waals surface area contributed by atoms with E-state index in [2.05, 4.69) is 23.8 Å². The molecule has 1 aliphatic rings. The van der Waals surface area contributed by atoms with Crippen molar-refractivity contribution >= 4 is 5.78 Å². The fraction of sp³-hybridized carbons (Fsp3) is 0.263. The Balaban J connectivity index is 2.00. The molecule has 0 spiro atoms. The topological polar surface area (TPSA) is 60.7 Å². The van der Waals surface area contributed by atoms with Crippen LogP contribution in [-0.4, -0.2) is 25.5 Å². The summed E-state index contributed by atoms with van der Waals surface area (Å²) in [4.78, 5) is 21.7. The van der Waals surface area contributed by atoms with Crippen LogP contribution in [0, 0.1) is 5.41 Å². The summed E-state index contributed by atoms with van der Waals surface area (Å²) in [6, 6.07) is 11.4. The van der Waals surface area contributed by atoms with Gasteiger partial charge in [0.15, 0.2) is 11.6 Å². The van der Waals surface area contributed by atoms with Gasteiger partial charge in [-0.05, 0) is 36.1 Å². The van der Waals surface area contributed by atoms with E-state index in [9.17, 15) is 4.79 Å². The summed E-state index contributed by atoms with van der Waals surface area (Å²) in [6.45, 7) is 4.21. The molecule has 0 fully saturated rings. The lowest BCUT2D eigenvalue weighted by Gasteiger charge is -2.27. The van der Waals surface area contributed by atoms with Gasteiger partial charge in [-0.3, -0.25) is 9.78 Å². The van der Waals surface area contributed by atoms with Crippen LogP contribution in [0.3, 0.4) is 0 Å². The average molecular weight is 318 g/mol. The molecule has 0 radical (unpaired) electrons. The number of carbonyl (C=O) groups is 1. The predicted octanol–water partition coefficient (Wildman–Crippen LogP) is 3.48. The van der Waals surface area contributed by atoms with Gasteiger partial charge in [0.1, 0.15) is 5.69 Å². The van der Waals surface area contributed by atoms with Crippen molar-refractivity contribution in [2.75, 3.05) is 0 Å². The Hall–Kier alpha value is -2.82. The van der Waals surface area contributed by atoms with Gasteiger partial charge < -0.3 is 0 Å². The molecule has 0 unspecified atom stereocenters. The molecule has 0 atom stereocenters. The quantitative estimate of drug-likeness (QED) is 0.726. The van der Waals surface area contributed by atoms with E-state index in [0.29, 0.717) is 17.8 Å². The monoisotopic (exact) mass is 318 g/mol. The average Bonchev–Trinajstić information content (AvgIpc) is 2.94. The lowest BCUT2D eigenvalue weighted by atomic mass is 9.75. The van der Waals surface area contributed by atoms with Crippen LogP contribution in [-0.2, 0) is 6.42 Å². The van der Waals surface area contributed by atoms with E-state index in [-0.39, 0.29) is 11.2 Å². The van der Waals surface area contributed by atoms with Crippen molar-refractivity contribution < 1.29 is 4.79 Å². The van der Waals surface area contributed by atoms with Gasteiger partial charge in [-0.25, -0.2) is 9.67 Å². The third kappa shape index (κ3) is 2.42. The van der Waals surface area contributed by atoms with Crippen molar-refractivity contribution in [2.24, 2.45) is 5.41 Å². The SMILES string of the molecule is CC1(C)CC(=O)c2c(nn(-c3ccccn3)c2-c2ccccn2)C1. The van der Waals surface area contributed by atoms with Gasteiger partial charge in [0.05, 0.1) is 17.0 Å². The van der Waals surface area contributed by atoms with Crippen LogP contribution in [0.15, 0.2) is 48.8 Å². The summed E-state index contributed by atoms with van der Waals surface area (Å²) in [6.07, 6.45) is 4.75. The highest BCUT2D eigenvalue weighted by atomic mass is 16.1. The van der Waals surface area contributed by atoms with Crippen molar-refractivity contribution in [1.29, 1.82) is 0 Å². The van der Waals surface area contributed by atoms with Gasteiger partial charge >= 0.3 is 0 Å². The number of nitrogens with zero attached hydrogens (tertiary/aromatic N) is 4. The van der Waals surface area contributed by atoms with E-state index < -0.39 is 0 Å². The first kappa shape index (κ1) is 14.8. The number of fused-ring (bicyclic) bond motifs is 1. The molecular weight excluding hydrogens is 300 g/mol. The van der Waals surface area contributed by atoms with E-state index >= 15 is 0 Å². The second-order valence-corrected chi connectivity index (χ2v) is 6.93. The highest BCUT2D eigenvalue weighted by Crippen LogP contribution is 2.39. The molecule has 0 aliphatic heterocycles. The molecule has 0 aromatic carbocycles. The van der Waals surface area contributed by atoms with E-state index in [1.165, 1.54) is 0 Å². The molecule has 4 rings (SSSR count). The minimum Gasteiger partial charge on any atom is -0.294 e. The second-order valence-electron chi connectivity index (χ2n) is 6.93. The Labute approximate surface area is 140 Å². The van der Waals surface area contributed by atoms with Crippen molar-refractivity contribution in [3.05, 3.63) is 60.0 Å². The molecule has 0 saturated heterocycles. The molecule has 5 heteroatoms. The van der Waals surface area contributed by atoms with Crippen LogP contribution in [0.5, 0.6) is 0 Å². The van der Waals surface area contributed by atoms with Gasteiger partial charge in [-0.2, -0.15) is 5.10 Å². The van der Waals surface area contributed by atoms with Crippen LogP contribution in [0.1, 0.15) is 36.3 Å². The van der Waals surface area contributed by atoms with E-state index in [1.54, 1.807) is 17.1 Å². The largest absolute Gasteiger partial charge is 0.294 e. The highest BCUT2D eigenvalue weighted by Gasteiger charge is 2.37. The third-order valence-corrected chi connectivity index (χ3v) is 4.30. The molecule has 3 heterocycles. The van der Waals surface area contributed by atoms with Crippen LogP contribution >= 0.6 is 0 Å². The van der Waals surface area contributed by atoms with Crippen LogP contribution in [0.4, 0.5) is 0 Å². The van der Waals surface area contributed by atoms with Gasteiger partial charge in [0.25, 0.3) is 0 Å². The van der Waals surface area contributed by atoms with Crippen molar-refractivity contribution in [3.8, 4) is 17.2 Å². The molecule has 120 valence electrons. The lowest BCUT2D eigenvalue weighted by Crippen LogP contribution is -2.26. The molecule has 24 heavy (non-hydrogen) atoms. The maximum Gasteiger partial charge on any atom is 0.167 e. The number of ketones is 1. The van der Waals surface area contributed by atoms with Crippen LogP contribution < -0.4 is 0 Å². The highest BCUT2D eigenvalue weighted by molar-refractivity contribution is 6.04. The minimum absolute atomic E-state index is 0.0746. The maximum atomic E-state index is 12.8. The Morgan fingerprint density at radius 3 is 2.42 bits per heavy atom. The Morgan fingerprint density at radius 1 is 1.00 bits per heavy atom. The fourth-order valence-corrected chi connectivity index (χ4v) is 3.30. The zero-order valence-corrected chi connectivity index (χ0v) is 13.7. The smallest absolute Gasteiger partial charge is 0.167 e.